The van der Waals surface area contributed by atoms with Gasteiger partial charge in [0.25, 0.3) is 0 Å². The van der Waals surface area contributed by atoms with Crippen molar-refractivity contribution in [3.63, 3.8) is 0 Å². The van der Waals surface area contributed by atoms with E-state index in [0.717, 1.165) is 40.6 Å². The van der Waals surface area contributed by atoms with E-state index in [4.69, 9.17) is 9.47 Å². The highest BCUT2D eigenvalue weighted by atomic mass is 79.9. The summed E-state index contributed by atoms with van der Waals surface area (Å²) in [5, 5.41) is 6.97. The van der Waals surface area contributed by atoms with E-state index in [1.165, 1.54) is 0 Å². The standard InChI is InChI=1S/C18H27BrN4O2/c1-11(2)23-8-12(3)15(9-23)22-18(20-4)21-7-13-5-14(19)17-16(6-13)24-10-25-17/h5-6,11-12,15H,7-10H2,1-4H3,(H2,20,21,22). The van der Waals surface area contributed by atoms with Crippen LogP contribution >= 0.6 is 15.9 Å². The lowest BCUT2D eigenvalue weighted by molar-refractivity contribution is 0.173. The summed E-state index contributed by atoms with van der Waals surface area (Å²) in [7, 11) is 1.81. The molecule has 0 radical (unpaired) electrons. The highest BCUT2D eigenvalue weighted by Gasteiger charge is 2.31. The molecule has 25 heavy (non-hydrogen) atoms. The number of nitrogens with zero attached hydrogens (tertiary/aromatic N) is 2. The summed E-state index contributed by atoms with van der Waals surface area (Å²) < 4.78 is 11.8. The number of ether oxygens (including phenoxy) is 2. The topological polar surface area (TPSA) is 58.1 Å². The van der Waals surface area contributed by atoms with Crippen LogP contribution in [-0.2, 0) is 6.54 Å². The van der Waals surface area contributed by atoms with Crippen molar-refractivity contribution in [2.45, 2.75) is 39.4 Å². The molecule has 6 nitrogen and oxygen atoms in total. The smallest absolute Gasteiger partial charge is 0.231 e. The van der Waals surface area contributed by atoms with Gasteiger partial charge in [0, 0.05) is 38.8 Å². The quantitative estimate of drug-likeness (QED) is 0.589. The summed E-state index contributed by atoms with van der Waals surface area (Å²) in [6.45, 7) is 9.92. The third-order valence-electron chi connectivity index (χ3n) is 4.86. The molecule has 2 unspecified atom stereocenters. The van der Waals surface area contributed by atoms with E-state index in [9.17, 15) is 0 Å². The number of hydrogen-bond donors (Lipinski definition) is 2. The molecule has 1 aromatic rings. The summed E-state index contributed by atoms with van der Waals surface area (Å²) in [4.78, 5) is 6.88. The second kappa shape index (κ2) is 7.83. The zero-order valence-corrected chi connectivity index (χ0v) is 16.9. The zero-order valence-electron chi connectivity index (χ0n) is 15.3. The molecule has 2 heterocycles. The number of aliphatic imine (C=N–C) groups is 1. The predicted octanol–water partition coefficient (Wildman–Crippen LogP) is 2.57. The second-order valence-electron chi connectivity index (χ2n) is 7.01. The van der Waals surface area contributed by atoms with Crippen molar-refractivity contribution in [3.05, 3.63) is 22.2 Å². The average Bonchev–Trinajstić information content (AvgIpc) is 3.18. The first-order chi connectivity index (χ1) is 12.0. The third-order valence-corrected chi connectivity index (χ3v) is 5.45. The number of guanidine groups is 1. The van der Waals surface area contributed by atoms with E-state index in [1.807, 2.05) is 19.2 Å². The Morgan fingerprint density at radius 3 is 2.84 bits per heavy atom. The van der Waals surface area contributed by atoms with Gasteiger partial charge >= 0.3 is 0 Å². The van der Waals surface area contributed by atoms with Gasteiger partial charge in [-0.1, -0.05) is 6.92 Å². The Hall–Kier alpha value is -1.47. The summed E-state index contributed by atoms with van der Waals surface area (Å²) in [5.74, 6) is 2.99. The van der Waals surface area contributed by atoms with Gasteiger partial charge in [-0.3, -0.25) is 9.89 Å². The van der Waals surface area contributed by atoms with Crippen LogP contribution in [0.3, 0.4) is 0 Å². The Kier molecular flexibility index (Phi) is 5.74. The molecule has 1 fully saturated rings. The Morgan fingerprint density at radius 2 is 2.16 bits per heavy atom. The SMILES string of the molecule is CN=C(NCc1cc(Br)c2c(c1)OCO2)NC1CN(C(C)C)CC1C. The van der Waals surface area contributed by atoms with Crippen LogP contribution in [0.5, 0.6) is 11.5 Å². The van der Waals surface area contributed by atoms with E-state index in [0.29, 0.717) is 24.5 Å². The van der Waals surface area contributed by atoms with Gasteiger partial charge in [0.15, 0.2) is 17.5 Å². The maximum atomic E-state index is 5.48. The maximum Gasteiger partial charge on any atom is 0.231 e. The molecule has 0 bridgehead atoms. The molecule has 1 aromatic carbocycles. The fraction of sp³-hybridized carbons (Fsp3) is 0.611. The zero-order chi connectivity index (χ0) is 18.0. The van der Waals surface area contributed by atoms with Crippen LogP contribution in [0.2, 0.25) is 0 Å². The fourth-order valence-corrected chi connectivity index (χ4v) is 3.90. The Balaban J connectivity index is 1.58. The molecular formula is C18H27BrN4O2. The molecule has 7 heteroatoms. The van der Waals surface area contributed by atoms with Crippen LogP contribution < -0.4 is 20.1 Å². The highest BCUT2D eigenvalue weighted by molar-refractivity contribution is 9.10. The normalized spacial score (nSPS) is 23.4. The molecule has 2 N–H and O–H groups in total. The van der Waals surface area contributed by atoms with Gasteiger partial charge in [-0.05, 0) is 53.4 Å². The minimum Gasteiger partial charge on any atom is -0.454 e. The van der Waals surface area contributed by atoms with Crippen molar-refractivity contribution in [2.24, 2.45) is 10.9 Å². The number of hydrogen-bond acceptors (Lipinski definition) is 4. The van der Waals surface area contributed by atoms with Crippen LogP contribution in [-0.4, -0.2) is 49.9 Å². The summed E-state index contributed by atoms with van der Waals surface area (Å²) in [5.41, 5.74) is 1.11. The fourth-order valence-electron chi connectivity index (χ4n) is 3.29. The number of nitrogens with one attached hydrogen (secondary N) is 2. The van der Waals surface area contributed by atoms with Crippen LogP contribution in [0.4, 0.5) is 0 Å². The van der Waals surface area contributed by atoms with E-state index >= 15 is 0 Å². The van der Waals surface area contributed by atoms with E-state index < -0.39 is 0 Å². The first-order valence-corrected chi connectivity index (χ1v) is 9.56. The van der Waals surface area contributed by atoms with Crippen molar-refractivity contribution in [1.82, 2.24) is 15.5 Å². The van der Waals surface area contributed by atoms with E-state index in [-0.39, 0.29) is 6.79 Å². The average molecular weight is 411 g/mol. The first-order valence-electron chi connectivity index (χ1n) is 8.77. The monoisotopic (exact) mass is 410 g/mol. The van der Waals surface area contributed by atoms with Gasteiger partial charge in [0.1, 0.15) is 0 Å². The summed E-state index contributed by atoms with van der Waals surface area (Å²) in [6.07, 6.45) is 0. The molecule has 0 aliphatic carbocycles. The van der Waals surface area contributed by atoms with Crippen molar-refractivity contribution >= 4 is 21.9 Å². The number of benzene rings is 1. The molecule has 2 aliphatic heterocycles. The van der Waals surface area contributed by atoms with Crippen molar-refractivity contribution in [3.8, 4) is 11.5 Å². The lowest BCUT2D eigenvalue weighted by Gasteiger charge is -2.22. The van der Waals surface area contributed by atoms with Gasteiger partial charge in [-0.25, -0.2) is 0 Å². The summed E-state index contributed by atoms with van der Waals surface area (Å²) in [6, 6.07) is 5.05. The van der Waals surface area contributed by atoms with Gasteiger partial charge in [-0.15, -0.1) is 0 Å². The Morgan fingerprint density at radius 1 is 1.36 bits per heavy atom. The number of rotatable bonds is 4. The molecule has 0 amide bonds. The lowest BCUT2D eigenvalue weighted by Crippen LogP contribution is -2.46. The molecule has 2 atom stereocenters. The van der Waals surface area contributed by atoms with Crippen LogP contribution in [0.1, 0.15) is 26.3 Å². The molecular weight excluding hydrogens is 384 g/mol. The third kappa shape index (κ3) is 4.20. The second-order valence-corrected chi connectivity index (χ2v) is 7.87. The lowest BCUT2D eigenvalue weighted by atomic mass is 10.1. The molecule has 2 aliphatic rings. The first kappa shape index (κ1) is 18.3. The Bertz CT molecular complexity index is 650. The number of fused-ring (bicyclic) bond motifs is 1. The minimum atomic E-state index is 0.278. The molecule has 1 saturated heterocycles. The van der Waals surface area contributed by atoms with Crippen molar-refractivity contribution in [2.75, 3.05) is 26.9 Å². The van der Waals surface area contributed by atoms with Gasteiger partial charge < -0.3 is 20.1 Å². The van der Waals surface area contributed by atoms with Gasteiger partial charge in [0.2, 0.25) is 6.79 Å². The molecule has 0 spiro atoms. The van der Waals surface area contributed by atoms with E-state index in [1.54, 1.807) is 0 Å². The Labute approximate surface area is 158 Å². The van der Waals surface area contributed by atoms with Crippen LogP contribution in [0.15, 0.2) is 21.6 Å². The summed E-state index contributed by atoms with van der Waals surface area (Å²) >= 11 is 3.54. The van der Waals surface area contributed by atoms with Crippen LogP contribution in [0, 0.1) is 5.92 Å². The number of likely N-dealkylation sites (tertiary alicyclic amines) is 1. The van der Waals surface area contributed by atoms with Gasteiger partial charge in [0.05, 0.1) is 4.47 Å². The molecule has 0 aromatic heterocycles. The van der Waals surface area contributed by atoms with Crippen LogP contribution in [0.25, 0.3) is 0 Å². The number of halogens is 1. The molecule has 138 valence electrons. The molecule has 0 saturated carbocycles. The van der Waals surface area contributed by atoms with E-state index in [2.05, 4.69) is 57.2 Å². The van der Waals surface area contributed by atoms with Crippen molar-refractivity contribution in [1.29, 1.82) is 0 Å². The largest absolute Gasteiger partial charge is 0.454 e. The maximum absolute atomic E-state index is 5.48. The van der Waals surface area contributed by atoms with Crippen molar-refractivity contribution < 1.29 is 9.47 Å². The highest BCUT2D eigenvalue weighted by Crippen LogP contribution is 2.39. The predicted molar refractivity (Wildman–Crippen MR) is 103 cm³/mol. The van der Waals surface area contributed by atoms with Gasteiger partial charge in [-0.2, -0.15) is 0 Å². The minimum absolute atomic E-state index is 0.278. The molecule has 3 rings (SSSR count).